The molecular weight excluding hydrogens is 304 g/mol. The summed E-state index contributed by atoms with van der Waals surface area (Å²) < 4.78 is 2.37. The Bertz CT molecular complexity index is 912. The largest absolute Gasteiger partial charge is 0.317 e. The van der Waals surface area contributed by atoms with Gasteiger partial charge in [-0.3, -0.25) is 4.99 Å². The van der Waals surface area contributed by atoms with E-state index in [0.29, 0.717) is 0 Å². The van der Waals surface area contributed by atoms with Crippen LogP contribution in [0.1, 0.15) is 40.6 Å². The van der Waals surface area contributed by atoms with Crippen molar-refractivity contribution in [2.75, 3.05) is 0 Å². The zero-order valence-electron chi connectivity index (χ0n) is 15.8. The number of aryl methyl sites for hydroxylation is 4. The van der Waals surface area contributed by atoms with Crippen LogP contribution in [-0.2, 0) is 6.42 Å². The summed E-state index contributed by atoms with van der Waals surface area (Å²) in [6.07, 6.45) is 3.01. The predicted octanol–water partition coefficient (Wildman–Crippen LogP) is 6.02. The second-order valence-corrected chi connectivity index (χ2v) is 6.69. The highest BCUT2D eigenvalue weighted by Gasteiger charge is 2.14. The third-order valence-corrected chi connectivity index (χ3v) is 4.78. The zero-order chi connectivity index (χ0) is 18.0. The molecule has 1 heterocycles. The van der Waals surface area contributed by atoms with Gasteiger partial charge in [-0.2, -0.15) is 0 Å². The second-order valence-electron chi connectivity index (χ2n) is 6.69. The van der Waals surface area contributed by atoms with E-state index in [1.807, 2.05) is 6.21 Å². The third-order valence-electron chi connectivity index (χ3n) is 4.78. The lowest BCUT2D eigenvalue weighted by Crippen LogP contribution is -2.05. The van der Waals surface area contributed by atoms with Crippen LogP contribution >= 0.6 is 0 Å². The zero-order valence-corrected chi connectivity index (χ0v) is 15.8. The quantitative estimate of drug-likeness (QED) is 0.520. The van der Waals surface area contributed by atoms with Crippen LogP contribution in [0.25, 0.3) is 5.69 Å². The molecule has 0 unspecified atom stereocenters. The van der Waals surface area contributed by atoms with Gasteiger partial charge in [0, 0.05) is 23.2 Å². The monoisotopic (exact) mass is 330 g/mol. The van der Waals surface area contributed by atoms with Crippen molar-refractivity contribution in [3.05, 3.63) is 82.2 Å². The van der Waals surface area contributed by atoms with Crippen molar-refractivity contribution in [3.8, 4) is 5.69 Å². The maximum Gasteiger partial charge on any atom is 0.0630 e. The van der Waals surface area contributed by atoms with E-state index >= 15 is 0 Å². The first kappa shape index (κ1) is 17.2. The minimum absolute atomic E-state index is 0.987. The Balaban J connectivity index is 2.04. The molecule has 0 saturated heterocycles. The molecule has 0 spiro atoms. The van der Waals surface area contributed by atoms with Crippen LogP contribution in [0.2, 0.25) is 0 Å². The molecule has 2 heteroatoms. The second kappa shape index (κ2) is 7.10. The molecule has 1 aromatic heterocycles. The van der Waals surface area contributed by atoms with Crippen LogP contribution in [0.15, 0.2) is 53.5 Å². The van der Waals surface area contributed by atoms with Crippen molar-refractivity contribution in [2.24, 2.45) is 4.99 Å². The van der Waals surface area contributed by atoms with Gasteiger partial charge in [-0.15, -0.1) is 0 Å². The average Bonchev–Trinajstić information content (AvgIpc) is 2.88. The molecule has 0 amide bonds. The number of aliphatic imine (C=N–C) groups is 1. The Labute approximate surface area is 150 Å². The molecule has 128 valence electrons. The minimum atomic E-state index is 0.987. The van der Waals surface area contributed by atoms with E-state index in [0.717, 1.165) is 12.1 Å². The Morgan fingerprint density at radius 3 is 2.36 bits per heavy atom. The van der Waals surface area contributed by atoms with Gasteiger partial charge in [-0.05, 0) is 63.4 Å². The Morgan fingerprint density at radius 1 is 0.960 bits per heavy atom. The van der Waals surface area contributed by atoms with E-state index in [2.05, 4.69) is 92.7 Å². The lowest BCUT2D eigenvalue weighted by molar-refractivity contribution is 0.926. The summed E-state index contributed by atoms with van der Waals surface area (Å²) in [7, 11) is 0. The summed E-state index contributed by atoms with van der Waals surface area (Å²) in [6.45, 7) is 10.8. The molecule has 0 aliphatic heterocycles. The molecule has 25 heavy (non-hydrogen) atoms. The fourth-order valence-electron chi connectivity index (χ4n) is 3.36. The van der Waals surface area contributed by atoms with Crippen molar-refractivity contribution in [1.29, 1.82) is 0 Å². The van der Waals surface area contributed by atoms with Gasteiger partial charge < -0.3 is 4.57 Å². The number of hydrogen-bond donors (Lipinski definition) is 0. The number of rotatable bonds is 4. The molecule has 0 fully saturated rings. The van der Waals surface area contributed by atoms with E-state index < -0.39 is 0 Å². The Morgan fingerprint density at radius 2 is 1.68 bits per heavy atom. The summed E-state index contributed by atoms with van der Waals surface area (Å²) in [5, 5.41) is 0. The van der Waals surface area contributed by atoms with E-state index in [9.17, 15) is 0 Å². The maximum absolute atomic E-state index is 4.65. The molecule has 3 aromatic rings. The van der Waals surface area contributed by atoms with Crippen LogP contribution in [-0.4, -0.2) is 10.8 Å². The van der Waals surface area contributed by atoms with Crippen LogP contribution in [0, 0.1) is 27.7 Å². The third kappa shape index (κ3) is 3.43. The Hall–Kier alpha value is -2.61. The van der Waals surface area contributed by atoms with Crippen molar-refractivity contribution < 1.29 is 0 Å². The van der Waals surface area contributed by atoms with Crippen molar-refractivity contribution in [2.45, 2.75) is 41.0 Å². The molecule has 0 bridgehead atoms. The summed E-state index contributed by atoms with van der Waals surface area (Å²) >= 11 is 0. The summed E-state index contributed by atoms with van der Waals surface area (Å²) in [5.74, 6) is 0. The van der Waals surface area contributed by atoms with Gasteiger partial charge in [0.05, 0.1) is 11.4 Å². The molecule has 0 saturated carbocycles. The predicted molar refractivity (Wildman–Crippen MR) is 108 cm³/mol. The highest BCUT2D eigenvalue weighted by Crippen LogP contribution is 2.26. The number of para-hydroxylation sites is 1. The molecule has 0 aliphatic rings. The van der Waals surface area contributed by atoms with Gasteiger partial charge in [-0.25, -0.2) is 0 Å². The summed E-state index contributed by atoms with van der Waals surface area (Å²) in [6, 6.07) is 17.1. The highest BCUT2D eigenvalue weighted by molar-refractivity contribution is 5.84. The molecule has 0 N–H and O–H groups in total. The molecule has 0 atom stereocenters. The van der Waals surface area contributed by atoms with Crippen LogP contribution in [0.5, 0.6) is 0 Å². The van der Waals surface area contributed by atoms with Gasteiger partial charge in [0.1, 0.15) is 0 Å². The highest BCUT2D eigenvalue weighted by atomic mass is 15.0. The van der Waals surface area contributed by atoms with Gasteiger partial charge in [0.15, 0.2) is 0 Å². The molecule has 0 aliphatic carbocycles. The number of hydrogen-bond acceptors (Lipinski definition) is 1. The fraction of sp³-hybridized carbons (Fsp3) is 0.261. The van der Waals surface area contributed by atoms with Crippen molar-refractivity contribution in [1.82, 2.24) is 4.57 Å². The van der Waals surface area contributed by atoms with E-state index in [1.165, 1.54) is 39.3 Å². The first-order chi connectivity index (χ1) is 12.0. The topological polar surface area (TPSA) is 17.3 Å². The summed E-state index contributed by atoms with van der Waals surface area (Å²) in [4.78, 5) is 4.65. The minimum Gasteiger partial charge on any atom is -0.317 e. The molecule has 0 radical (unpaired) electrons. The van der Waals surface area contributed by atoms with Crippen molar-refractivity contribution in [3.63, 3.8) is 0 Å². The van der Waals surface area contributed by atoms with E-state index in [4.69, 9.17) is 0 Å². The number of benzene rings is 2. The number of nitrogens with zero attached hydrogens (tertiary/aromatic N) is 2. The smallest absolute Gasteiger partial charge is 0.0630 e. The molecule has 2 nitrogen and oxygen atoms in total. The molecule has 3 rings (SSSR count). The summed E-state index contributed by atoms with van der Waals surface area (Å²) in [5.41, 5.74) is 9.89. The molecular formula is C23H26N2. The lowest BCUT2D eigenvalue weighted by Gasteiger charge is -2.17. The first-order valence-electron chi connectivity index (χ1n) is 8.89. The van der Waals surface area contributed by atoms with Crippen LogP contribution in [0.4, 0.5) is 5.69 Å². The molecule has 2 aromatic carbocycles. The first-order valence-corrected chi connectivity index (χ1v) is 8.89. The number of aromatic nitrogens is 1. The van der Waals surface area contributed by atoms with Crippen molar-refractivity contribution >= 4 is 11.9 Å². The van der Waals surface area contributed by atoms with E-state index in [-0.39, 0.29) is 0 Å². The van der Waals surface area contributed by atoms with Gasteiger partial charge in [0.25, 0.3) is 0 Å². The standard InChI is InChI=1S/C23H26N2/c1-6-20-9-7-8-17(3)23(20)25-18(4)14-21(19(25)5)15-24-22-12-10-16(2)11-13-22/h7-15H,6H2,1-5H3. The van der Waals surface area contributed by atoms with E-state index in [1.54, 1.807) is 0 Å². The van der Waals surface area contributed by atoms with Gasteiger partial charge in [0.2, 0.25) is 0 Å². The van der Waals surface area contributed by atoms with Crippen LogP contribution in [0.3, 0.4) is 0 Å². The maximum atomic E-state index is 4.65. The Kier molecular flexibility index (Phi) is 4.89. The van der Waals surface area contributed by atoms with Gasteiger partial charge >= 0.3 is 0 Å². The fourth-order valence-corrected chi connectivity index (χ4v) is 3.36. The van der Waals surface area contributed by atoms with Crippen LogP contribution < -0.4 is 0 Å². The normalized spacial score (nSPS) is 11.4. The lowest BCUT2D eigenvalue weighted by atomic mass is 10.1. The van der Waals surface area contributed by atoms with Gasteiger partial charge in [-0.1, -0.05) is 42.8 Å². The SMILES string of the molecule is CCc1cccc(C)c1-n1c(C)cc(C=Nc2ccc(C)cc2)c1C. The average molecular weight is 330 g/mol.